The number of para-hydroxylation sites is 2. The van der Waals surface area contributed by atoms with E-state index in [1.54, 1.807) is 6.07 Å². The summed E-state index contributed by atoms with van der Waals surface area (Å²) in [4.78, 5) is 33.6. The van der Waals surface area contributed by atoms with Crippen molar-refractivity contribution in [1.29, 1.82) is 5.26 Å². The molecule has 0 saturated carbocycles. The van der Waals surface area contributed by atoms with Crippen LogP contribution in [0.1, 0.15) is 15.9 Å². The van der Waals surface area contributed by atoms with Crippen molar-refractivity contribution in [2.24, 2.45) is 0 Å². The quantitative estimate of drug-likeness (QED) is 0.380. The summed E-state index contributed by atoms with van der Waals surface area (Å²) in [5.74, 6) is -2.38. The summed E-state index contributed by atoms with van der Waals surface area (Å²) in [6.45, 7) is 0. The van der Waals surface area contributed by atoms with Gasteiger partial charge in [-0.25, -0.2) is 0 Å². The van der Waals surface area contributed by atoms with Gasteiger partial charge in [0.1, 0.15) is 11.6 Å². The summed E-state index contributed by atoms with van der Waals surface area (Å²) in [5, 5.41) is 33.5. The molecule has 0 fully saturated rings. The summed E-state index contributed by atoms with van der Waals surface area (Å²) < 4.78 is 0. The van der Waals surface area contributed by atoms with Crippen molar-refractivity contribution in [2.75, 3.05) is 5.32 Å². The minimum atomic E-state index is -1.49. The van der Waals surface area contributed by atoms with Gasteiger partial charge in [0.25, 0.3) is 11.6 Å². The van der Waals surface area contributed by atoms with Crippen molar-refractivity contribution in [3.8, 4) is 6.07 Å². The third-order valence-electron chi connectivity index (χ3n) is 3.19. The first-order chi connectivity index (χ1) is 11.9. The van der Waals surface area contributed by atoms with E-state index >= 15 is 0 Å². The van der Waals surface area contributed by atoms with Crippen LogP contribution in [0.5, 0.6) is 0 Å². The Morgan fingerprint density at radius 1 is 1.12 bits per heavy atom. The van der Waals surface area contributed by atoms with Crippen LogP contribution < -0.4 is 10.4 Å². The second-order valence-corrected chi connectivity index (χ2v) is 4.77. The average Bonchev–Trinajstić information content (AvgIpc) is 2.60. The normalized spacial score (nSPS) is 10.6. The lowest BCUT2D eigenvalue weighted by molar-refractivity contribution is -0.385. The average molecular weight is 336 g/mol. The molecule has 8 heteroatoms. The number of benzene rings is 2. The first-order valence-corrected chi connectivity index (χ1v) is 6.91. The number of nitro benzene ring substituents is 1. The first kappa shape index (κ1) is 17.4. The predicted octanol–water partition coefficient (Wildman–Crippen LogP) is 1.50. The molecule has 0 heterocycles. The Kier molecular flexibility index (Phi) is 5.22. The number of aromatic carboxylic acids is 1. The zero-order valence-corrected chi connectivity index (χ0v) is 12.6. The van der Waals surface area contributed by atoms with E-state index < -0.39 is 22.4 Å². The predicted molar refractivity (Wildman–Crippen MR) is 86.1 cm³/mol. The molecule has 25 heavy (non-hydrogen) atoms. The molecular formula is C17H10N3O5-. The van der Waals surface area contributed by atoms with E-state index in [1.165, 1.54) is 48.5 Å². The monoisotopic (exact) mass is 336 g/mol. The molecule has 124 valence electrons. The Hall–Kier alpha value is -3.99. The maximum absolute atomic E-state index is 12.2. The van der Waals surface area contributed by atoms with Gasteiger partial charge in [0, 0.05) is 11.6 Å². The molecule has 2 aromatic rings. The number of nitrogens with one attached hydrogen (secondary N) is 1. The molecule has 8 nitrogen and oxygen atoms in total. The van der Waals surface area contributed by atoms with Gasteiger partial charge in [-0.3, -0.25) is 14.9 Å². The number of hydrogen-bond acceptors (Lipinski definition) is 6. The van der Waals surface area contributed by atoms with E-state index in [0.717, 1.165) is 6.08 Å². The van der Waals surface area contributed by atoms with Crippen molar-refractivity contribution in [1.82, 2.24) is 0 Å². The van der Waals surface area contributed by atoms with E-state index in [1.807, 2.05) is 0 Å². The maximum Gasteiger partial charge on any atom is 0.276 e. The second-order valence-electron chi connectivity index (χ2n) is 4.77. The minimum Gasteiger partial charge on any atom is -0.545 e. The number of amides is 1. The number of carbonyl (C=O) groups is 2. The number of anilines is 1. The van der Waals surface area contributed by atoms with Crippen molar-refractivity contribution < 1.29 is 19.6 Å². The van der Waals surface area contributed by atoms with Crippen molar-refractivity contribution >= 4 is 29.3 Å². The molecule has 0 aliphatic carbocycles. The number of carbonyl (C=O) groups excluding carboxylic acids is 2. The van der Waals surface area contributed by atoms with Gasteiger partial charge in [-0.05, 0) is 18.2 Å². The number of hydrogen-bond donors (Lipinski definition) is 1. The molecule has 0 aromatic heterocycles. The number of carboxylic acids is 1. The van der Waals surface area contributed by atoms with Crippen LogP contribution in [-0.2, 0) is 4.79 Å². The standard InChI is InChI=1S/C17H11N3O5/c18-10-12(9-11-5-1-4-8-15(11)20(24)25)16(21)19-14-7-3-2-6-13(14)17(22)23/h1-9H,(H,19,21)(H,22,23)/p-1/b12-9+. The molecule has 0 saturated heterocycles. The first-order valence-electron chi connectivity index (χ1n) is 6.91. The smallest absolute Gasteiger partial charge is 0.276 e. The summed E-state index contributed by atoms with van der Waals surface area (Å²) in [5.41, 5.74) is -0.900. The number of rotatable bonds is 5. The number of nitriles is 1. The number of nitro groups is 1. The lowest BCUT2D eigenvalue weighted by Gasteiger charge is -2.11. The van der Waals surface area contributed by atoms with Crippen LogP contribution in [0.3, 0.4) is 0 Å². The van der Waals surface area contributed by atoms with Crippen LogP contribution in [0.2, 0.25) is 0 Å². The van der Waals surface area contributed by atoms with E-state index in [-0.39, 0.29) is 22.5 Å². The van der Waals surface area contributed by atoms with Gasteiger partial charge in [-0.2, -0.15) is 5.26 Å². The SMILES string of the molecule is N#C/C(=C\c1ccccc1[N+](=O)[O-])C(=O)Nc1ccccc1C(=O)[O-]. The molecule has 1 amide bonds. The van der Waals surface area contributed by atoms with Crippen LogP contribution in [0.25, 0.3) is 6.08 Å². The van der Waals surface area contributed by atoms with E-state index in [2.05, 4.69) is 5.32 Å². The highest BCUT2D eigenvalue weighted by molar-refractivity contribution is 6.11. The van der Waals surface area contributed by atoms with Gasteiger partial charge in [0.15, 0.2) is 0 Å². The maximum atomic E-state index is 12.2. The van der Waals surface area contributed by atoms with Crippen molar-refractivity contribution in [2.45, 2.75) is 0 Å². The second kappa shape index (κ2) is 7.52. The Balaban J connectivity index is 2.37. The Morgan fingerprint density at radius 3 is 2.40 bits per heavy atom. The Labute approximate surface area is 141 Å². The third kappa shape index (κ3) is 4.05. The Morgan fingerprint density at radius 2 is 1.76 bits per heavy atom. The van der Waals surface area contributed by atoms with Crippen molar-refractivity contribution in [3.63, 3.8) is 0 Å². The topological polar surface area (TPSA) is 136 Å². The summed E-state index contributed by atoms with van der Waals surface area (Å²) in [7, 11) is 0. The van der Waals surface area contributed by atoms with Gasteiger partial charge in [-0.1, -0.05) is 30.3 Å². The molecule has 0 aliphatic heterocycles. The molecule has 1 N–H and O–H groups in total. The van der Waals surface area contributed by atoms with Gasteiger partial charge >= 0.3 is 0 Å². The van der Waals surface area contributed by atoms with Crippen LogP contribution in [-0.4, -0.2) is 16.8 Å². The number of carboxylic acid groups (broad SMARTS) is 1. The Bertz CT molecular complexity index is 928. The summed E-state index contributed by atoms with van der Waals surface area (Å²) >= 11 is 0. The van der Waals surface area contributed by atoms with E-state index in [4.69, 9.17) is 5.26 Å². The van der Waals surface area contributed by atoms with Crippen LogP contribution in [0, 0.1) is 21.4 Å². The van der Waals surface area contributed by atoms with Gasteiger partial charge in [-0.15, -0.1) is 0 Å². The van der Waals surface area contributed by atoms with Gasteiger partial charge in [0.2, 0.25) is 0 Å². The van der Waals surface area contributed by atoms with Gasteiger partial charge < -0.3 is 15.2 Å². The molecule has 2 rings (SSSR count). The molecule has 0 aliphatic rings. The highest BCUT2D eigenvalue weighted by atomic mass is 16.6. The lowest BCUT2D eigenvalue weighted by atomic mass is 10.1. The molecule has 0 spiro atoms. The fraction of sp³-hybridized carbons (Fsp3) is 0. The van der Waals surface area contributed by atoms with Crippen LogP contribution >= 0.6 is 0 Å². The van der Waals surface area contributed by atoms with E-state index in [0.29, 0.717) is 0 Å². The molecular weight excluding hydrogens is 326 g/mol. The van der Waals surface area contributed by atoms with E-state index in [9.17, 15) is 24.8 Å². The summed E-state index contributed by atoms with van der Waals surface area (Å²) in [6, 6.07) is 12.8. The molecule has 2 aromatic carbocycles. The van der Waals surface area contributed by atoms with Crippen LogP contribution in [0.4, 0.5) is 11.4 Å². The third-order valence-corrected chi connectivity index (χ3v) is 3.19. The van der Waals surface area contributed by atoms with Crippen LogP contribution in [0.15, 0.2) is 54.1 Å². The fourth-order valence-electron chi connectivity index (χ4n) is 2.04. The molecule has 0 bridgehead atoms. The molecule has 0 atom stereocenters. The largest absolute Gasteiger partial charge is 0.545 e. The molecule has 0 radical (unpaired) electrons. The molecule has 0 unspecified atom stereocenters. The summed E-state index contributed by atoms with van der Waals surface area (Å²) in [6.07, 6.45) is 1.06. The number of nitrogens with zero attached hydrogens (tertiary/aromatic N) is 2. The fourth-order valence-corrected chi connectivity index (χ4v) is 2.04. The minimum absolute atomic E-state index is 0.0452. The zero-order valence-electron chi connectivity index (χ0n) is 12.6. The zero-order chi connectivity index (χ0) is 18.4. The lowest BCUT2D eigenvalue weighted by Crippen LogP contribution is -2.25. The highest BCUT2D eigenvalue weighted by Crippen LogP contribution is 2.21. The highest BCUT2D eigenvalue weighted by Gasteiger charge is 2.16. The van der Waals surface area contributed by atoms with Gasteiger partial charge in [0.05, 0.1) is 22.1 Å². The van der Waals surface area contributed by atoms with Crippen molar-refractivity contribution in [3.05, 3.63) is 75.3 Å².